The van der Waals surface area contributed by atoms with Gasteiger partial charge in [0, 0.05) is 23.8 Å². The van der Waals surface area contributed by atoms with E-state index in [9.17, 15) is 18.0 Å². The van der Waals surface area contributed by atoms with E-state index >= 15 is 0 Å². The van der Waals surface area contributed by atoms with Crippen molar-refractivity contribution in [3.63, 3.8) is 0 Å². The standard InChI is InChI=1S/C22H28O5S/c1-14(2)28(25,26)13-19-6-5-17(10-15(19)3)20(23)12-16-4-8-21-18(11-16)7-9-22(24)27-21/h4,7-9,11,14-15,17,19H,5-6,10,12-13H2,1-3H3/t15?,17-,19+/m1/s1. The maximum atomic E-state index is 12.8. The number of benzene rings is 1. The minimum absolute atomic E-state index is 0.0163. The molecule has 3 atom stereocenters. The second-order valence-corrected chi connectivity index (χ2v) is 11.0. The van der Waals surface area contributed by atoms with Gasteiger partial charge in [0.1, 0.15) is 11.4 Å². The minimum Gasteiger partial charge on any atom is -0.423 e. The third kappa shape index (κ3) is 4.72. The van der Waals surface area contributed by atoms with Gasteiger partial charge in [0.05, 0.1) is 11.0 Å². The summed E-state index contributed by atoms with van der Waals surface area (Å²) in [5.74, 6) is 0.774. The monoisotopic (exact) mass is 404 g/mol. The normalized spacial score (nSPS) is 23.2. The van der Waals surface area contributed by atoms with Crippen LogP contribution in [0.1, 0.15) is 45.6 Å². The maximum Gasteiger partial charge on any atom is 0.336 e. The highest BCUT2D eigenvalue weighted by atomic mass is 32.2. The first-order chi connectivity index (χ1) is 13.2. The third-order valence-corrected chi connectivity index (χ3v) is 8.36. The van der Waals surface area contributed by atoms with Crippen molar-refractivity contribution in [2.75, 3.05) is 5.75 Å². The van der Waals surface area contributed by atoms with Crippen molar-refractivity contribution in [3.8, 4) is 0 Å². The minimum atomic E-state index is -3.06. The number of carbonyl (C=O) groups is 1. The fraction of sp³-hybridized carbons (Fsp3) is 0.545. The van der Waals surface area contributed by atoms with Crippen LogP contribution in [0.15, 0.2) is 39.5 Å². The van der Waals surface area contributed by atoms with Crippen LogP contribution in [0.4, 0.5) is 0 Å². The average Bonchev–Trinajstić information content (AvgIpc) is 2.63. The van der Waals surface area contributed by atoms with E-state index in [1.54, 1.807) is 26.0 Å². The maximum absolute atomic E-state index is 12.8. The lowest BCUT2D eigenvalue weighted by Crippen LogP contribution is -2.34. The highest BCUT2D eigenvalue weighted by Crippen LogP contribution is 2.36. The lowest BCUT2D eigenvalue weighted by Gasteiger charge is -2.33. The van der Waals surface area contributed by atoms with E-state index in [2.05, 4.69) is 6.92 Å². The number of hydrogen-bond donors (Lipinski definition) is 0. The molecule has 0 N–H and O–H groups in total. The van der Waals surface area contributed by atoms with Gasteiger partial charge in [-0.3, -0.25) is 4.79 Å². The van der Waals surface area contributed by atoms with E-state index in [1.165, 1.54) is 6.07 Å². The summed E-state index contributed by atoms with van der Waals surface area (Å²) in [7, 11) is -3.06. The van der Waals surface area contributed by atoms with Gasteiger partial charge < -0.3 is 4.42 Å². The molecule has 28 heavy (non-hydrogen) atoms. The second kappa shape index (κ2) is 8.19. The van der Waals surface area contributed by atoms with Gasteiger partial charge in [0.25, 0.3) is 0 Å². The van der Waals surface area contributed by atoms with E-state index in [-0.39, 0.29) is 40.2 Å². The molecule has 1 saturated carbocycles. The Hall–Kier alpha value is -1.95. The number of fused-ring (bicyclic) bond motifs is 1. The SMILES string of the molecule is CC1C[C@H](C(=O)Cc2ccc3oc(=O)ccc3c2)CC[C@H]1CS(=O)(=O)C(C)C. The molecule has 1 heterocycles. The molecule has 0 spiro atoms. The molecule has 6 heteroatoms. The lowest BCUT2D eigenvalue weighted by atomic mass is 9.73. The number of hydrogen-bond acceptors (Lipinski definition) is 5. The van der Waals surface area contributed by atoms with E-state index in [0.717, 1.165) is 30.2 Å². The fourth-order valence-electron chi connectivity index (χ4n) is 4.07. The fourth-order valence-corrected chi connectivity index (χ4v) is 5.54. The number of ketones is 1. The number of Topliss-reactive ketones (excluding diaryl/α,β-unsaturated/α-hetero) is 1. The van der Waals surface area contributed by atoms with Gasteiger partial charge in [-0.25, -0.2) is 13.2 Å². The molecule has 0 aliphatic heterocycles. The zero-order valence-corrected chi connectivity index (χ0v) is 17.5. The molecule has 5 nitrogen and oxygen atoms in total. The third-order valence-electron chi connectivity index (χ3n) is 6.03. The number of carbonyl (C=O) groups excluding carboxylic acids is 1. The molecule has 3 rings (SSSR count). The number of rotatable bonds is 6. The first kappa shape index (κ1) is 20.8. The van der Waals surface area contributed by atoms with Crippen LogP contribution in [-0.2, 0) is 21.1 Å². The van der Waals surface area contributed by atoms with Gasteiger partial charge in [0.15, 0.2) is 9.84 Å². The Labute approximate surface area is 166 Å². The van der Waals surface area contributed by atoms with Crippen LogP contribution in [0.5, 0.6) is 0 Å². The molecule has 0 radical (unpaired) electrons. The zero-order valence-electron chi connectivity index (χ0n) is 16.7. The summed E-state index contributed by atoms with van der Waals surface area (Å²) in [5.41, 5.74) is 1.04. The Kier molecular flexibility index (Phi) is 6.08. The Morgan fingerprint density at radius 2 is 1.93 bits per heavy atom. The van der Waals surface area contributed by atoms with Crippen LogP contribution in [0.3, 0.4) is 0 Å². The quantitative estimate of drug-likeness (QED) is 0.685. The predicted molar refractivity (Wildman–Crippen MR) is 110 cm³/mol. The summed E-state index contributed by atoms with van der Waals surface area (Å²) in [6, 6.07) is 8.53. The summed E-state index contributed by atoms with van der Waals surface area (Å²) < 4.78 is 29.6. The van der Waals surface area contributed by atoms with Gasteiger partial charge in [0.2, 0.25) is 0 Å². The van der Waals surface area contributed by atoms with Crippen molar-refractivity contribution in [3.05, 3.63) is 46.3 Å². The average molecular weight is 405 g/mol. The molecule has 2 aromatic rings. The molecular formula is C22H28O5S. The molecule has 1 aromatic heterocycles. The molecule has 152 valence electrons. The van der Waals surface area contributed by atoms with Crippen LogP contribution in [0, 0.1) is 17.8 Å². The molecule has 1 fully saturated rings. The van der Waals surface area contributed by atoms with Crippen LogP contribution in [-0.4, -0.2) is 25.2 Å². The van der Waals surface area contributed by atoms with Crippen LogP contribution in [0.25, 0.3) is 11.0 Å². The van der Waals surface area contributed by atoms with Crippen molar-refractivity contribution < 1.29 is 17.6 Å². The lowest BCUT2D eigenvalue weighted by molar-refractivity contribution is -0.123. The van der Waals surface area contributed by atoms with E-state index < -0.39 is 9.84 Å². The molecule has 1 aromatic carbocycles. The second-order valence-electron chi connectivity index (χ2n) is 8.40. The molecule has 1 aliphatic rings. The predicted octanol–water partition coefficient (Wildman–Crippen LogP) is 3.78. The van der Waals surface area contributed by atoms with Crippen molar-refractivity contribution >= 4 is 26.6 Å². The van der Waals surface area contributed by atoms with Crippen molar-refractivity contribution in [2.24, 2.45) is 17.8 Å². The van der Waals surface area contributed by atoms with Crippen LogP contribution in [0.2, 0.25) is 0 Å². The summed E-state index contributed by atoms with van der Waals surface area (Å²) in [6.07, 6.45) is 2.64. The smallest absolute Gasteiger partial charge is 0.336 e. The molecule has 0 saturated heterocycles. The summed E-state index contributed by atoms with van der Waals surface area (Å²) >= 11 is 0. The molecule has 1 unspecified atom stereocenters. The van der Waals surface area contributed by atoms with E-state index in [1.807, 2.05) is 12.1 Å². The highest BCUT2D eigenvalue weighted by Gasteiger charge is 2.34. The van der Waals surface area contributed by atoms with Gasteiger partial charge >= 0.3 is 5.63 Å². The zero-order chi connectivity index (χ0) is 20.5. The Balaban J connectivity index is 1.63. The van der Waals surface area contributed by atoms with E-state index in [0.29, 0.717) is 12.0 Å². The molecule has 1 aliphatic carbocycles. The summed E-state index contributed by atoms with van der Waals surface area (Å²) in [4.78, 5) is 24.1. The molecular weight excluding hydrogens is 376 g/mol. The molecule has 0 amide bonds. The van der Waals surface area contributed by atoms with Crippen LogP contribution < -0.4 is 5.63 Å². The van der Waals surface area contributed by atoms with Gasteiger partial charge in [-0.15, -0.1) is 0 Å². The van der Waals surface area contributed by atoms with Crippen molar-refractivity contribution in [2.45, 2.75) is 51.7 Å². The Bertz CT molecular complexity index is 1020. The van der Waals surface area contributed by atoms with Crippen molar-refractivity contribution in [1.82, 2.24) is 0 Å². The highest BCUT2D eigenvalue weighted by molar-refractivity contribution is 7.91. The van der Waals surface area contributed by atoms with Gasteiger partial charge in [-0.2, -0.15) is 0 Å². The Morgan fingerprint density at radius 3 is 2.61 bits per heavy atom. The van der Waals surface area contributed by atoms with Gasteiger partial charge in [-0.05, 0) is 68.7 Å². The summed E-state index contributed by atoms with van der Waals surface area (Å²) in [5, 5.41) is 0.456. The number of sulfone groups is 1. The van der Waals surface area contributed by atoms with Crippen molar-refractivity contribution in [1.29, 1.82) is 0 Å². The first-order valence-electron chi connectivity index (χ1n) is 9.93. The molecule has 0 bridgehead atoms. The summed E-state index contributed by atoms with van der Waals surface area (Å²) in [6.45, 7) is 5.52. The topological polar surface area (TPSA) is 81.4 Å². The van der Waals surface area contributed by atoms with Gasteiger partial charge in [-0.1, -0.05) is 13.0 Å². The van der Waals surface area contributed by atoms with E-state index in [4.69, 9.17) is 4.42 Å². The largest absolute Gasteiger partial charge is 0.423 e. The first-order valence-corrected chi connectivity index (χ1v) is 11.6. The van der Waals surface area contributed by atoms with Crippen LogP contribution >= 0.6 is 0 Å². The Morgan fingerprint density at radius 1 is 1.18 bits per heavy atom.